The Bertz CT molecular complexity index is 1160. The molecule has 2 amide bonds. The standard InChI is InChI=1S/C24H28FN5O2/c1-16-20(9-10-23(31)26-11-5-13-29-12-4-8-24(29)32)17(2)30-22(27-16)15-21(28-30)18-6-3-7-19(25)14-18/h3,6-7,14-15H,4-5,8-13H2,1-2H3,(H,26,31). The van der Waals surface area contributed by atoms with Crippen LogP contribution < -0.4 is 5.32 Å². The molecule has 8 heteroatoms. The molecule has 1 fully saturated rings. The van der Waals surface area contributed by atoms with Crippen LogP contribution in [-0.4, -0.2) is 50.9 Å². The Balaban J connectivity index is 1.37. The number of rotatable bonds is 8. The third kappa shape index (κ3) is 4.79. The van der Waals surface area contributed by atoms with Gasteiger partial charge in [0.15, 0.2) is 5.65 Å². The van der Waals surface area contributed by atoms with Crippen LogP contribution in [0.5, 0.6) is 0 Å². The lowest BCUT2D eigenvalue weighted by Gasteiger charge is -2.15. The minimum atomic E-state index is -0.306. The van der Waals surface area contributed by atoms with Crippen molar-refractivity contribution in [3.05, 3.63) is 53.1 Å². The second-order valence-electron chi connectivity index (χ2n) is 8.26. The maximum Gasteiger partial charge on any atom is 0.222 e. The average Bonchev–Trinajstić information content (AvgIpc) is 3.37. The minimum absolute atomic E-state index is 0.0161. The predicted molar refractivity (Wildman–Crippen MR) is 120 cm³/mol. The van der Waals surface area contributed by atoms with E-state index in [1.54, 1.807) is 10.6 Å². The van der Waals surface area contributed by atoms with E-state index in [2.05, 4.69) is 15.4 Å². The number of nitrogens with zero attached hydrogens (tertiary/aromatic N) is 4. The van der Waals surface area contributed by atoms with Crippen LogP contribution in [0.3, 0.4) is 0 Å². The van der Waals surface area contributed by atoms with Gasteiger partial charge in [-0.15, -0.1) is 0 Å². The Morgan fingerprint density at radius 2 is 2.09 bits per heavy atom. The maximum atomic E-state index is 13.6. The summed E-state index contributed by atoms with van der Waals surface area (Å²) in [4.78, 5) is 30.4. The molecule has 3 aromatic rings. The van der Waals surface area contributed by atoms with E-state index < -0.39 is 0 Å². The van der Waals surface area contributed by atoms with Crippen molar-refractivity contribution in [3.63, 3.8) is 0 Å². The third-order valence-electron chi connectivity index (χ3n) is 5.98. The van der Waals surface area contributed by atoms with E-state index in [0.29, 0.717) is 49.3 Å². The summed E-state index contributed by atoms with van der Waals surface area (Å²) in [5.41, 5.74) is 4.83. The number of carbonyl (C=O) groups is 2. The molecular formula is C24H28FN5O2. The Morgan fingerprint density at radius 3 is 2.84 bits per heavy atom. The molecule has 0 bridgehead atoms. The van der Waals surface area contributed by atoms with Gasteiger partial charge in [0.25, 0.3) is 0 Å². The normalized spacial score (nSPS) is 13.8. The number of nitrogens with one attached hydrogen (secondary N) is 1. The molecule has 1 aliphatic heterocycles. The Kier molecular flexibility index (Phi) is 6.48. The van der Waals surface area contributed by atoms with Gasteiger partial charge in [-0.3, -0.25) is 9.59 Å². The lowest BCUT2D eigenvalue weighted by Crippen LogP contribution is -2.30. The first-order valence-electron chi connectivity index (χ1n) is 11.1. The summed E-state index contributed by atoms with van der Waals surface area (Å²) >= 11 is 0. The molecule has 168 valence electrons. The van der Waals surface area contributed by atoms with Gasteiger partial charge in [0, 0.05) is 55.5 Å². The number of carbonyl (C=O) groups excluding carboxylic acids is 2. The van der Waals surface area contributed by atoms with Crippen molar-refractivity contribution in [1.29, 1.82) is 0 Å². The number of aromatic nitrogens is 3. The van der Waals surface area contributed by atoms with Crippen LogP contribution in [0, 0.1) is 19.7 Å². The molecule has 0 atom stereocenters. The van der Waals surface area contributed by atoms with E-state index in [1.807, 2.05) is 30.9 Å². The van der Waals surface area contributed by atoms with Gasteiger partial charge in [-0.2, -0.15) is 5.10 Å². The van der Waals surface area contributed by atoms with E-state index in [-0.39, 0.29) is 17.6 Å². The van der Waals surface area contributed by atoms with E-state index in [0.717, 1.165) is 36.3 Å². The number of hydrogen-bond acceptors (Lipinski definition) is 4. The van der Waals surface area contributed by atoms with Gasteiger partial charge in [0.2, 0.25) is 11.8 Å². The lowest BCUT2D eigenvalue weighted by molar-refractivity contribution is -0.127. The first-order valence-corrected chi connectivity index (χ1v) is 11.1. The summed E-state index contributed by atoms with van der Waals surface area (Å²) in [7, 11) is 0. The van der Waals surface area contributed by atoms with Gasteiger partial charge < -0.3 is 10.2 Å². The lowest BCUT2D eigenvalue weighted by atomic mass is 10.1. The largest absolute Gasteiger partial charge is 0.356 e. The smallest absolute Gasteiger partial charge is 0.222 e. The highest BCUT2D eigenvalue weighted by molar-refractivity contribution is 5.78. The van der Waals surface area contributed by atoms with Gasteiger partial charge in [-0.1, -0.05) is 12.1 Å². The molecule has 1 N–H and O–H groups in total. The van der Waals surface area contributed by atoms with Crippen molar-refractivity contribution >= 4 is 17.5 Å². The zero-order chi connectivity index (χ0) is 22.7. The van der Waals surface area contributed by atoms with E-state index in [1.165, 1.54) is 12.1 Å². The molecule has 0 radical (unpaired) electrons. The molecule has 1 aliphatic rings. The zero-order valence-electron chi connectivity index (χ0n) is 18.5. The predicted octanol–water partition coefficient (Wildman–Crippen LogP) is 3.21. The van der Waals surface area contributed by atoms with Crippen molar-refractivity contribution in [2.75, 3.05) is 19.6 Å². The van der Waals surface area contributed by atoms with Crippen molar-refractivity contribution in [1.82, 2.24) is 24.8 Å². The summed E-state index contributed by atoms with van der Waals surface area (Å²) in [6, 6.07) is 8.18. The van der Waals surface area contributed by atoms with Crippen molar-refractivity contribution < 1.29 is 14.0 Å². The average molecular weight is 438 g/mol. The zero-order valence-corrected chi connectivity index (χ0v) is 18.5. The summed E-state index contributed by atoms with van der Waals surface area (Å²) in [6.07, 6.45) is 3.26. The first kappa shape index (κ1) is 21.9. The highest BCUT2D eigenvalue weighted by Gasteiger charge is 2.19. The first-order chi connectivity index (χ1) is 15.4. The summed E-state index contributed by atoms with van der Waals surface area (Å²) in [6.45, 7) is 5.99. The van der Waals surface area contributed by atoms with Crippen molar-refractivity contribution in [2.45, 2.75) is 46.0 Å². The van der Waals surface area contributed by atoms with Gasteiger partial charge in [0.05, 0.1) is 5.69 Å². The number of fused-ring (bicyclic) bond motifs is 1. The van der Waals surface area contributed by atoms with Crippen LogP contribution in [0.15, 0.2) is 30.3 Å². The summed E-state index contributed by atoms with van der Waals surface area (Å²) < 4.78 is 15.4. The van der Waals surface area contributed by atoms with Gasteiger partial charge in [-0.25, -0.2) is 13.9 Å². The van der Waals surface area contributed by atoms with Crippen LogP contribution in [0.4, 0.5) is 4.39 Å². The third-order valence-corrected chi connectivity index (χ3v) is 5.98. The van der Waals surface area contributed by atoms with E-state index >= 15 is 0 Å². The molecule has 32 heavy (non-hydrogen) atoms. The monoisotopic (exact) mass is 437 g/mol. The molecule has 7 nitrogen and oxygen atoms in total. The topological polar surface area (TPSA) is 79.6 Å². The Morgan fingerprint density at radius 1 is 1.25 bits per heavy atom. The minimum Gasteiger partial charge on any atom is -0.356 e. The fourth-order valence-corrected chi connectivity index (χ4v) is 4.24. The van der Waals surface area contributed by atoms with Crippen molar-refractivity contribution in [2.24, 2.45) is 0 Å². The number of amides is 2. The molecule has 0 aliphatic carbocycles. The second kappa shape index (κ2) is 9.46. The fraction of sp³-hybridized carbons (Fsp3) is 0.417. The van der Waals surface area contributed by atoms with Crippen LogP contribution >= 0.6 is 0 Å². The molecule has 0 unspecified atom stereocenters. The molecule has 0 saturated carbocycles. The van der Waals surface area contributed by atoms with Crippen molar-refractivity contribution in [3.8, 4) is 11.3 Å². The quantitative estimate of drug-likeness (QED) is 0.549. The van der Waals surface area contributed by atoms with Crippen LogP contribution in [0.25, 0.3) is 16.9 Å². The molecule has 1 aromatic carbocycles. The number of benzene rings is 1. The van der Waals surface area contributed by atoms with Crippen LogP contribution in [0.1, 0.15) is 42.6 Å². The molecule has 2 aromatic heterocycles. The molecule has 0 spiro atoms. The van der Waals surface area contributed by atoms with Crippen LogP contribution in [-0.2, 0) is 16.0 Å². The molecular weight excluding hydrogens is 409 g/mol. The maximum absolute atomic E-state index is 13.6. The summed E-state index contributed by atoms with van der Waals surface area (Å²) in [5.74, 6) is -0.110. The van der Waals surface area contributed by atoms with Crippen LogP contribution in [0.2, 0.25) is 0 Å². The van der Waals surface area contributed by atoms with Gasteiger partial charge in [-0.05, 0) is 50.8 Å². The number of halogens is 1. The van der Waals surface area contributed by atoms with Gasteiger partial charge in [0.1, 0.15) is 5.82 Å². The second-order valence-corrected chi connectivity index (χ2v) is 8.26. The molecule has 1 saturated heterocycles. The van der Waals surface area contributed by atoms with E-state index in [4.69, 9.17) is 0 Å². The molecule has 3 heterocycles. The van der Waals surface area contributed by atoms with Gasteiger partial charge >= 0.3 is 0 Å². The molecule has 4 rings (SSSR count). The Labute approximate surface area is 186 Å². The number of hydrogen-bond donors (Lipinski definition) is 1. The van der Waals surface area contributed by atoms with E-state index in [9.17, 15) is 14.0 Å². The number of aryl methyl sites for hydroxylation is 2. The SMILES string of the molecule is Cc1nc2cc(-c3cccc(F)c3)nn2c(C)c1CCC(=O)NCCCN1CCCC1=O. The summed E-state index contributed by atoms with van der Waals surface area (Å²) in [5, 5.41) is 7.56. The Hall–Kier alpha value is -3.29. The highest BCUT2D eigenvalue weighted by atomic mass is 19.1. The number of likely N-dealkylation sites (tertiary alicyclic amines) is 1. The highest BCUT2D eigenvalue weighted by Crippen LogP contribution is 2.23. The fourth-order valence-electron chi connectivity index (χ4n) is 4.24.